The van der Waals surface area contributed by atoms with Crippen LogP contribution in [-0.2, 0) is 9.59 Å². The van der Waals surface area contributed by atoms with Gasteiger partial charge in [-0.3, -0.25) is 14.5 Å². The smallest absolute Gasteiger partial charge is 0.243 e. The predicted octanol–water partition coefficient (Wildman–Crippen LogP) is 2.89. The molecule has 1 heterocycles. The highest BCUT2D eigenvalue weighted by Gasteiger charge is 2.20. The lowest BCUT2D eigenvalue weighted by Gasteiger charge is -2.30. The molecule has 132 valence electrons. The van der Waals surface area contributed by atoms with E-state index in [0.29, 0.717) is 6.54 Å². The molecule has 0 spiro atoms. The zero-order valence-electron chi connectivity index (χ0n) is 14.6. The summed E-state index contributed by atoms with van der Waals surface area (Å²) in [4.78, 5) is 28.1. The Morgan fingerprint density at radius 1 is 1.33 bits per heavy atom. The molecule has 1 aromatic carbocycles. The van der Waals surface area contributed by atoms with Crippen LogP contribution in [0.15, 0.2) is 22.7 Å². The number of anilines is 1. The van der Waals surface area contributed by atoms with E-state index < -0.39 is 0 Å². The number of nitrogens with zero attached hydrogens (tertiary/aromatic N) is 2. The number of rotatable bonds is 5. The fourth-order valence-corrected chi connectivity index (χ4v) is 3.27. The molecule has 5 nitrogen and oxygen atoms in total. The Bertz CT molecular complexity index is 598. The minimum atomic E-state index is -0.177. The van der Waals surface area contributed by atoms with Crippen molar-refractivity contribution in [1.29, 1.82) is 0 Å². The molecular formula is C18H26BrN3O2. The predicted molar refractivity (Wildman–Crippen MR) is 100.0 cm³/mol. The Morgan fingerprint density at radius 3 is 2.62 bits per heavy atom. The van der Waals surface area contributed by atoms with E-state index in [1.165, 1.54) is 4.90 Å². The minimum Gasteiger partial charge on any atom is -0.335 e. The maximum Gasteiger partial charge on any atom is 0.243 e. The Hall–Kier alpha value is -1.40. The fourth-order valence-electron chi connectivity index (χ4n) is 2.79. The summed E-state index contributed by atoms with van der Waals surface area (Å²) in [5.74, 6) is 0.560. The number of hydrogen-bond acceptors (Lipinski definition) is 3. The van der Waals surface area contributed by atoms with Crippen LogP contribution in [0.3, 0.4) is 0 Å². The third-order valence-corrected chi connectivity index (χ3v) is 5.00. The molecule has 1 aliphatic rings. The Morgan fingerprint density at radius 2 is 2.00 bits per heavy atom. The molecule has 1 fully saturated rings. The van der Waals surface area contributed by atoms with Crippen LogP contribution in [0.2, 0.25) is 0 Å². The summed E-state index contributed by atoms with van der Waals surface area (Å²) in [5, 5.41) is 2.87. The molecule has 2 rings (SSSR count). The van der Waals surface area contributed by atoms with E-state index in [9.17, 15) is 9.59 Å². The fraction of sp³-hybridized carbons (Fsp3) is 0.556. The van der Waals surface area contributed by atoms with Crippen molar-refractivity contribution in [2.24, 2.45) is 5.92 Å². The SMILES string of the molecule is Cc1cc(Br)ccc1NC(=O)CN(C)C(=O)CN1CCC(C)CC1. The summed E-state index contributed by atoms with van der Waals surface area (Å²) in [6.07, 6.45) is 2.28. The molecule has 1 aliphatic heterocycles. The van der Waals surface area contributed by atoms with Gasteiger partial charge in [0, 0.05) is 17.2 Å². The van der Waals surface area contributed by atoms with Gasteiger partial charge in [-0.05, 0) is 62.5 Å². The van der Waals surface area contributed by atoms with Gasteiger partial charge < -0.3 is 10.2 Å². The number of amides is 2. The first kappa shape index (κ1) is 18.9. The quantitative estimate of drug-likeness (QED) is 0.833. The lowest BCUT2D eigenvalue weighted by molar-refractivity contribution is -0.134. The lowest BCUT2D eigenvalue weighted by Crippen LogP contribution is -2.44. The van der Waals surface area contributed by atoms with Gasteiger partial charge in [0.2, 0.25) is 11.8 Å². The molecule has 0 unspecified atom stereocenters. The third kappa shape index (κ3) is 5.60. The number of aryl methyl sites for hydroxylation is 1. The second kappa shape index (κ2) is 8.62. The molecule has 0 bridgehead atoms. The van der Waals surface area contributed by atoms with Gasteiger partial charge >= 0.3 is 0 Å². The van der Waals surface area contributed by atoms with Crippen molar-refractivity contribution in [3.63, 3.8) is 0 Å². The Labute approximate surface area is 152 Å². The molecule has 0 aromatic heterocycles. The average molecular weight is 396 g/mol. The van der Waals surface area contributed by atoms with Crippen LogP contribution in [0.25, 0.3) is 0 Å². The number of carbonyl (C=O) groups excluding carboxylic acids is 2. The van der Waals surface area contributed by atoms with E-state index in [-0.39, 0.29) is 18.4 Å². The van der Waals surface area contributed by atoms with Crippen LogP contribution < -0.4 is 5.32 Å². The molecule has 2 amide bonds. The largest absolute Gasteiger partial charge is 0.335 e. The lowest BCUT2D eigenvalue weighted by atomic mass is 9.99. The Balaban J connectivity index is 1.81. The number of likely N-dealkylation sites (N-methyl/N-ethyl adjacent to an activating group) is 1. The van der Waals surface area contributed by atoms with E-state index in [1.54, 1.807) is 7.05 Å². The van der Waals surface area contributed by atoms with Crippen molar-refractivity contribution >= 4 is 33.4 Å². The van der Waals surface area contributed by atoms with Gasteiger partial charge in [0.05, 0.1) is 13.1 Å². The first-order chi connectivity index (χ1) is 11.3. The molecule has 1 N–H and O–H groups in total. The van der Waals surface area contributed by atoms with Crippen molar-refractivity contribution in [3.05, 3.63) is 28.2 Å². The van der Waals surface area contributed by atoms with Gasteiger partial charge in [0.25, 0.3) is 0 Å². The van der Waals surface area contributed by atoms with Crippen molar-refractivity contribution in [2.75, 3.05) is 38.5 Å². The number of benzene rings is 1. The first-order valence-corrected chi connectivity index (χ1v) is 9.16. The summed E-state index contributed by atoms with van der Waals surface area (Å²) in [6.45, 7) is 6.58. The number of likely N-dealkylation sites (tertiary alicyclic amines) is 1. The van der Waals surface area contributed by atoms with Crippen LogP contribution in [0.5, 0.6) is 0 Å². The highest BCUT2D eigenvalue weighted by atomic mass is 79.9. The van der Waals surface area contributed by atoms with E-state index in [0.717, 1.165) is 47.6 Å². The van der Waals surface area contributed by atoms with Crippen LogP contribution in [0, 0.1) is 12.8 Å². The molecule has 6 heteroatoms. The number of nitrogens with one attached hydrogen (secondary N) is 1. The number of halogens is 1. The minimum absolute atomic E-state index is 0.00719. The van der Waals surface area contributed by atoms with Crippen molar-refractivity contribution in [2.45, 2.75) is 26.7 Å². The average Bonchev–Trinajstić information content (AvgIpc) is 2.52. The van der Waals surface area contributed by atoms with Gasteiger partial charge in [-0.1, -0.05) is 22.9 Å². The van der Waals surface area contributed by atoms with Crippen LogP contribution >= 0.6 is 15.9 Å². The summed E-state index contributed by atoms with van der Waals surface area (Å²) < 4.78 is 0.973. The topological polar surface area (TPSA) is 52.7 Å². The van der Waals surface area contributed by atoms with Gasteiger partial charge in [-0.15, -0.1) is 0 Å². The standard InChI is InChI=1S/C18H26BrN3O2/c1-13-6-8-22(9-7-13)12-18(24)21(3)11-17(23)20-16-5-4-15(19)10-14(16)2/h4-5,10,13H,6-9,11-12H2,1-3H3,(H,20,23). The molecule has 1 aromatic rings. The van der Waals surface area contributed by atoms with Crippen molar-refractivity contribution in [1.82, 2.24) is 9.80 Å². The molecule has 0 atom stereocenters. The molecule has 0 radical (unpaired) electrons. The van der Waals surface area contributed by atoms with Gasteiger partial charge in [-0.2, -0.15) is 0 Å². The van der Waals surface area contributed by atoms with Crippen LogP contribution in [0.1, 0.15) is 25.3 Å². The number of hydrogen-bond donors (Lipinski definition) is 1. The molecule has 24 heavy (non-hydrogen) atoms. The van der Waals surface area contributed by atoms with E-state index in [2.05, 4.69) is 33.1 Å². The monoisotopic (exact) mass is 395 g/mol. The zero-order valence-corrected chi connectivity index (χ0v) is 16.2. The molecule has 0 saturated carbocycles. The normalized spacial score (nSPS) is 16.0. The first-order valence-electron chi connectivity index (χ1n) is 8.37. The summed E-state index contributed by atoms with van der Waals surface area (Å²) >= 11 is 3.40. The Kier molecular flexibility index (Phi) is 6.80. The summed E-state index contributed by atoms with van der Waals surface area (Å²) in [7, 11) is 1.68. The second-order valence-corrected chi connectivity index (χ2v) is 7.63. The van der Waals surface area contributed by atoms with Crippen molar-refractivity contribution < 1.29 is 9.59 Å². The van der Waals surface area contributed by atoms with Crippen LogP contribution in [-0.4, -0.2) is 54.8 Å². The molecular weight excluding hydrogens is 370 g/mol. The maximum atomic E-state index is 12.3. The number of carbonyl (C=O) groups is 2. The number of piperidine rings is 1. The third-order valence-electron chi connectivity index (χ3n) is 4.50. The van der Waals surface area contributed by atoms with E-state index in [1.807, 2.05) is 25.1 Å². The van der Waals surface area contributed by atoms with E-state index >= 15 is 0 Å². The van der Waals surface area contributed by atoms with Crippen molar-refractivity contribution in [3.8, 4) is 0 Å². The van der Waals surface area contributed by atoms with Gasteiger partial charge in [0.1, 0.15) is 0 Å². The summed E-state index contributed by atoms with van der Waals surface area (Å²) in [6, 6.07) is 5.69. The second-order valence-electron chi connectivity index (χ2n) is 6.72. The van der Waals surface area contributed by atoms with Crippen LogP contribution in [0.4, 0.5) is 5.69 Å². The maximum absolute atomic E-state index is 12.3. The molecule has 0 aliphatic carbocycles. The summed E-state index contributed by atoms with van der Waals surface area (Å²) in [5.41, 5.74) is 1.75. The highest BCUT2D eigenvalue weighted by molar-refractivity contribution is 9.10. The zero-order chi connectivity index (χ0) is 17.7. The molecule has 1 saturated heterocycles. The van der Waals surface area contributed by atoms with E-state index in [4.69, 9.17) is 0 Å². The van der Waals surface area contributed by atoms with Gasteiger partial charge in [-0.25, -0.2) is 0 Å². The van der Waals surface area contributed by atoms with Gasteiger partial charge in [0.15, 0.2) is 0 Å². The highest BCUT2D eigenvalue weighted by Crippen LogP contribution is 2.20.